The molecule has 0 saturated carbocycles. The Labute approximate surface area is 316 Å². The van der Waals surface area contributed by atoms with Gasteiger partial charge in [0.15, 0.2) is 12.1 Å². The van der Waals surface area contributed by atoms with Crippen LogP contribution in [0.15, 0.2) is 85.1 Å². The van der Waals surface area contributed by atoms with Crippen molar-refractivity contribution in [3.63, 3.8) is 0 Å². The molecule has 0 rings (SSSR count). The zero-order valence-electron chi connectivity index (χ0n) is 33.2. The Bertz CT molecular complexity index is 1120. The fraction of sp³-hybridized carbons (Fsp3) is 0.614. The summed E-state index contributed by atoms with van der Waals surface area (Å²) in [6.45, 7) is 4.43. The first-order valence-electron chi connectivity index (χ1n) is 19.6. The highest BCUT2D eigenvalue weighted by Crippen LogP contribution is 2.10. The van der Waals surface area contributed by atoms with Crippen LogP contribution in [-0.4, -0.2) is 80.6 Å². The molecule has 0 aliphatic carbocycles. The topological polar surface area (TPSA) is 99.1 Å². The number of carboxylic acid groups (broad SMARTS) is 1. The van der Waals surface area contributed by atoms with Crippen LogP contribution in [0.4, 0.5) is 0 Å². The molecule has 0 radical (unpaired) electrons. The zero-order valence-corrected chi connectivity index (χ0v) is 33.2. The van der Waals surface area contributed by atoms with E-state index in [2.05, 4.69) is 92.8 Å². The monoisotopic (exact) mass is 727 g/mol. The minimum atomic E-state index is -0.892. The zero-order chi connectivity index (χ0) is 38.5. The second kappa shape index (κ2) is 34.6. The number of hydrogen-bond acceptors (Lipinski definition) is 6. The maximum Gasteiger partial charge on any atom is 0.362 e. The molecule has 2 atom stereocenters. The Morgan fingerprint density at radius 2 is 1.10 bits per heavy atom. The van der Waals surface area contributed by atoms with Crippen LogP contribution >= 0.6 is 0 Å². The van der Waals surface area contributed by atoms with E-state index in [4.69, 9.17) is 14.2 Å². The van der Waals surface area contributed by atoms with Gasteiger partial charge in [0.25, 0.3) is 0 Å². The molecular weight excluding hydrogens is 654 g/mol. The Balaban J connectivity index is 4.40. The molecule has 0 spiro atoms. The molecule has 0 aliphatic rings. The number of likely N-dealkylation sites (N-methyl/N-ethyl adjacent to an activating group) is 1. The van der Waals surface area contributed by atoms with Gasteiger partial charge in [0, 0.05) is 19.3 Å². The Morgan fingerprint density at radius 1 is 0.596 bits per heavy atom. The SMILES string of the molecule is CC/C=C/C/C=C/C/C=C/C/C=C/C/C=C/C/C=C/CCCCC(=O)OCC(COCCC(C(=O)O)[N+](C)(C)C)OC(=O)CC/C=C/CCCCC. The molecule has 0 fully saturated rings. The molecule has 0 saturated heterocycles. The van der Waals surface area contributed by atoms with Crippen LogP contribution in [0.5, 0.6) is 0 Å². The van der Waals surface area contributed by atoms with Gasteiger partial charge in [0.1, 0.15) is 6.61 Å². The molecule has 0 bridgehead atoms. The first-order chi connectivity index (χ1) is 25.1. The quantitative estimate of drug-likeness (QED) is 0.0311. The van der Waals surface area contributed by atoms with Crippen molar-refractivity contribution in [1.29, 1.82) is 0 Å². The fourth-order valence-corrected chi connectivity index (χ4v) is 4.99. The van der Waals surface area contributed by atoms with Crippen LogP contribution in [0.2, 0.25) is 0 Å². The molecule has 0 aliphatic heterocycles. The number of allylic oxidation sites excluding steroid dienone is 14. The third kappa shape index (κ3) is 32.4. The van der Waals surface area contributed by atoms with E-state index in [1.807, 2.05) is 27.2 Å². The third-order valence-electron chi connectivity index (χ3n) is 8.04. The second-order valence-electron chi connectivity index (χ2n) is 13.8. The van der Waals surface area contributed by atoms with Crippen molar-refractivity contribution < 1.29 is 38.2 Å². The molecule has 294 valence electrons. The third-order valence-corrected chi connectivity index (χ3v) is 8.04. The summed E-state index contributed by atoms with van der Waals surface area (Å²) >= 11 is 0. The molecule has 0 aromatic rings. The van der Waals surface area contributed by atoms with Gasteiger partial charge in [0.2, 0.25) is 0 Å². The van der Waals surface area contributed by atoms with Gasteiger partial charge in [-0.25, -0.2) is 4.79 Å². The molecule has 52 heavy (non-hydrogen) atoms. The average Bonchev–Trinajstić information content (AvgIpc) is 3.09. The number of esters is 2. The highest BCUT2D eigenvalue weighted by molar-refractivity contribution is 5.72. The van der Waals surface area contributed by atoms with Gasteiger partial charge in [-0.1, -0.05) is 112 Å². The van der Waals surface area contributed by atoms with Gasteiger partial charge in [-0.05, 0) is 77.0 Å². The minimum absolute atomic E-state index is 0.0258. The molecule has 0 heterocycles. The predicted octanol–water partition coefficient (Wildman–Crippen LogP) is 10.2. The fourth-order valence-electron chi connectivity index (χ4n) is 4.99. The first-order valence-corrected chi connectivity index (χ1v) is 19.6. The van der Waals surface area contributed by atoms with Crippen LogP contribution in [0.25, 0.3) is 0 Å². The van der Waals surface area contributed by atoms with Crippen molar-refractivity contribution in [3.05, 3.63) is 85.1 Å². The molecular formula is C44H72NO7+. The molecule has 0 aromatic carbocycles. The lowest BCUT2D eigenvalue weighted by molar-refractivity contribution is -0.887. The Kier molecular flexibility index (Phi) is 32.3. The molecule has 8 heteroatoms. The van der Waals surface area contributed by atoms with Crippen molar-refractivity contribution in [2.45, 2.75) is 135 Å². The lowest BCUT2D eigenvalue weighted by Gasteiger charge is -2.31. The number of carboxylic acids is 1. The predicted molar refractivity (Wildman–Crippen MR) is 215 cm³/mol. The lowest BCUT2D eigenvalue weighted by atomic mass is 10.1. The van der Waals surface area contributed by atoms with E-state index in [1.54, 1.807) is 0 Å². The van der Waals surface area contributed by atoms with Gasteiger partial charge in [-0.3, -0.25) is 9.59 Å². The Hall–Kier alpha value is -3.49. The standard InChI is InChI=1S/C44H71NO7/c1-6-8-10-12-14-15-16-17-18-19-20-21-22-23-24-25-26-27-29-30-32-34-42(46)51-39-40(38-50-37-36-41(44(48)49)45(3,4)5)52-43(47)35-33-31-28-13-11-9-7-2/h8,10,14-15,17-18,20-21,23-24,26-28,31,40-41H,6-7,9,11-13,16,19,22,25,29-30,32-39H2,1-5H3/p+1/b10-8+,15-14+,18-17+,21-20+,24-23+,27-26+,31-28+. The van der Waals surface area contributed by atoms with Gasteiger partial charge in [-0.2, -0.15) is 0 Å². The number of ether oxygens (including phenoxy) is 3. The second-order valence-corrected chi connectivity index (χ2v) is 13.8. The van der Waals surface area contributed by atoms with E-state index in [-0.39, 0.29) is 49.1 Å². The normalized spacial score (nSPS) is 13.9. The van der Waals surface area contributed by atoms with Crippen LogP contribution in [-0.2, 0) is 28.6 Å². The van der Waals surface area contributed by atoms with Gasteiger partial charge >= 0.3 is 17.9 Å². The largest absolute Gasteiger partial charge is 0.477 e. The number of carbonyl (C=O) groups excluding carboxylic acids is 2. The summed E-state index contributed by atoms with van der Waals surface area (Å²) in [6, 6.07) is -0.629. The summed E-state index contributed by atoms with van der Waals surface area (Å²) in [7, 11) is 5.47. The van der Waals surface area contributed by atoms with E-state index >= 15 is 0 Å². The van der Waals surface area contributed by atoms with Crippen LogP contribution < -0.4 is 0 Å². The van der Waals surface area contributed by atoms with E-state index in [9.17, 15) is 19.5 Å². The summed E-state index contributed by atoms with van der Waals surface area (Å²) in [6.07, 6.45) is 43.8. The number of quaternary nitrogens is 1. The van der Waals surface area contributed by atoms with E-state index in [0.717, 1.165) is 64.2 Å². The number of unbranched alkanes of at least 4 members (excludes halogenated alkanes) is 5. The average molecular weight is 727 g/mol. The summed E-state index contributed by atoms with van der Waals surface area (Å²) in [5.74, 6) is -1.61. The van der Waals surface area contributed by atoms with Crippen molar-refractivity contribution in [2.24, 2.45) is 0 Å². The van der Waals surface area contributed by atoms with Crippen molar-refractivity contribution >= 4 is 17.9 Å². The summed E-state index contributed by atoms with van der Waals surface area (Å²) in [5.41, 5.74) is 0. The van der Waals surface area contributed by atoms with E-state index < -0.39 is 18.1 Å². The highest BCUT2D eigenvalue weighted by Gasteiger charge is 2.31. The molecule has 2 unspecified atom stereocenters. The minimum Gasteiger partial charge on any atom is -0.477 e. The Morgan fingerprint density at radius 3 is 1.62 bits per heavy atom. The molecule has 0 aromatic heterocycles. The number of nitrogens with zero attached hydrogens (tertiary/aromatic N) is 1. The molecule has 1 N–H and O–H groups in total. The van der Waals surface area contributed by atoms with Gasteiger partial charge in [-0.15, -0.1) is 0 Å². The summed E-state index contributed by atoms with van der Waals surface area (Å²) in [5, 5.41) is 9.56. The van der Waals surface area contributed by atoms with E-state index in [0.29, 0.717) is 19.3 Å². The van der Waals surface area contributed by atoms with Crippen LogP contribution in [0.3, 0.4) is 0 Å². The first kappa shape index (κ1) is 48.5. The number of hydrogen-bond donors (Lipinski definition) is 1. The maximum absolute atomic E-state index is 12.5. The van der Waals surface area contributed by atoms with Gasteiger partial charge < -0.3 is 23.8 Å². The number of aliphatic carboxylic acids is 1. The molecule has 8 nitrogen and oxygen atoms in total. The highest BCUT2D eigenvalue weighted by atomic mass is 16.6. The smallest absolute Gasteiger partial charge is 0.362 e. The van der Waals surface area contributed by atoms with Crippen LogP contribution in [0, 0.1) is 0 Å². The number of carbonyl (C=O) groups is 3. The van der Waals surface area contributed by atoms with Crippen molar-refractivity contribution in [3.8, 4) is 0 Å². The summed E-state index contributed by atoms with van der Waals surface area (Å²) in [4.78, 5) is 36.6. The maximum atomic E-state index is 12.5. The lowest BCUT2D eigenvalue weighted by Crippen LogP contribution is -2.50. The van der Waals surface area contributed by atoms with Crippen molar-refractivity contribution in [1.82, 2.24) is 0 Å². The summed E-state index contributed by atoms with van der Waals surface area (Å²) < 4.78 is 17.0. The molecule has 0 amide bonds. The van der Waals surface area contributed by atoms with Crippen molar-refractivity contribution in [2.75, 3.05) is 41.0 Å². The van der Waals surface area contributed by atoms with E-state index in [1.165, 1.54) is 12.8 Å². The number of rotatable bonds is 33. The van der Waals surface area contributed by atoms with Gasteiger partial charge in [0.05, 0.1) is 34.4 Å². The van der Waals surface area contributed by atoms with Crippen LogP contribution in [0.1, 0.15) is 123 Å².